The lowest BCUT2D eigenvalue weighted by molar-refractivity contribution is 1.09. The summed E-state index contributed by atoms with van der Waals surface area (Å²) in [5.74, 6) is 0.917. The fourth-order valence-electron chi connectivity index (χ4n) is 9.93. The van der Waals surface area contributed by atoms with Crippen molar-refractivity contribution in [2.75, 3.05) is 0 Å². The summed E-state index contributed by atoms with van der Waals surface area (Å²) in [7, 11) is 0. The van der Waals surface area contributed by atoms with Crippen molar-refractivity contribution in [1.82, 2.24) is 18.7 Å². The van der Waals surface area contributed by atoms with Crippen LogP contribution in [0.1, 0.15) is 0 Å². The van der Waals surface area contributed by atoms with Crippen LogP contribution in [0.3, 0.4) is 0 Å². The number of aromatic nitrogens is 4. The van der Waals surface area contributed by atoms with Crippen molar-refractivity contribution < 1.29 is 0 Å². The maximum absolute atomic E-state index is 5.52. The average Bonchev–Trinajstić information content (AvgIpc) is 3.98. The summed E-state index contributed by atoms with van der Waals surface area (Å²) in [4.78, 5) is 5.52. The minimum atomic E-state index is 0.917. The molecular formula is C55H34N4. The van der Waals surface area contributed by atoms with Crippen molar-refractivity contribution in [3.8, 4) is 28.5 Å². The Morgan fingerprint density at radius 3 is 1.53 bits per heavy atom. The first-order valence-electron chi connectivity index (χ1n) is 20.2. The molecule has 4 nitrogen and oxygen atoms in total. The molecule has 59 heavy (non-hydrogen) atoms. The van der Waals surface area contributed by atoms with E-state index < -0.39 is 0 Å². The summed E-state index contributed by atoms with van der Waals surface area (Å²) in [6, 6.07) is 74.9. The molecule has 0 amide bonds. The third-order valence-electron chi connectivity index (χ3n) is 12.4. The smallest absolute Gasteiger partial charge is 0.145 e. The first kappa shape index (κ1) is 32.2. The van der Waals surface area contributed by atoms with Crippen molar-refractivity contribution in [2.45, 2.75) is 0 Å². The molecule has 0 aliphatic carbocycles. The molecule has 0 aliphatic heterocycles. The Bertz CT molecular complexity index is 3840. The highest BCUT2D eigenvalue weighted by atomic mass is 15.1. The van der Waals surface area contributed by atoms with Crippen LogP contribution in [-0.4, -0.2) is 18.7 Å². The Balaban J connectivity index is 1.17. The monoisotopic (exact) mass is 750 g/mol. The number of rotatable bonds is 4. The number of fused-ring (bicyclic) bond motifs is 14. The zero-order valence-corrected chi connectivity index (χ0v) is 31.9. The van der Waals surface area contributed by atoms with E-state index in [1.54, 1.807) is 0 Å². The zero-order chi connectivity index (χ0) is 38.6. The lowest BCUT2D eigenvalue weighted by Crippen LogP contribution is -2.02. The summed E-state index contributed by atoms with van der Waals surface area (Å²) < 4.78 is 7.38. The van der Waals surface area contributed by atoms with Gasteiger partial charge in [0.1, 0.15) is 5.82 Å². The molecule has 274 valence electrons. The van der Waals surface area contributed by atoms with Gasteiger partial charge in [-0.05, 0) is 52.6 Å². The molecule has 0 fully saturated rings. The largest absolute Gasteiger partial charge is 0.307 e. The van der Waals surface area contributed by atoms with Gasteiger partial charge in [-0.2, -0.15) is 0 Å². The molecule has 0 radical (unpaired) electrons. The van der Waals surface area contributed by atoms with Gasteiger partial charge in [-0.15, -0.1) is 0 Å². The molecule has 4 heteroatoms. The fourth-order valence-corrected chi connectivity index (χ4v) is 9.93. The quantitative estimate of drug-likeness (QED) is 0.165. The molecule has 10 aromatic carbocycles. The maximum Gasteiger partial charge on any atom is 0.145 e. The van der Waals surface area contributed by atoms with Crippen LogP contribution in [0.15, 0.2) is 206 Å². The van der Waals surface area contributed by atoms with E-state index in [1.165, 1.54) is 70.7 Å². The second kappa shape index (κ2) is 12.3. The molecule has 13 rings (SSSR count). The van der Waals surface area contributed by atoms with Crippen molar-refractivity contribution in [1.29, 1.82) is 0 Å². The predicted molar refractivity (Wildman–Crippen MR) is 248 cm³/mol. The van der Waals surface area contributed by atoms with Crippen molar-refractivity contribution in [2.24, 2.45) is 0 Å². The predicted octanol–water partition coefficient (Wildman–Crippen LogP) is 14.3. The SMILES string of the molecule is c1ccc(-c2nc3c4ccccc4c4ccccc4c3n2-c2cccc(-n3c4ccccc4c4ccc5c6ccccc6n(-c6cccc7ccccc67)c5c43)c2)cc1. The van der Waals surface area contributed by atoms with Gasteiger partial charge in [0.25, 0.3) is 0 Å². The Kier molecular flexibility index (Phi) is 6.69. The molecule has 3 heterocycles. The molecular weight excluding hydrogens is 717 g/mol. The molecule has 0 spiro atoms. The van der Waals surface area contributed by atoms with Gasteiger partial charge in [0.2, 0.25) is 0 Å². The van der Waals surface area contributed by atoms with Crippen molar-refractivity contribution in [3.63, 3.8) is 0 Å². The number of imidazole rings is 1. The van der Waals surface area contributed by atoms with Gasteiger partial charge in [-0.3, -0.25) is 4.57 Å². The van der Waals surface area contributed by atoms with Crippen LogP contribution in [0.2, 0.25) is 0 Å². The molecule has 0 unspecified atom stereocenters. The summed E-state index contributed by atoms with van der Waals surface area (Å²) in [5, 5.41) is 12.1. The van der Waals surface area contributed by atoms with Crippen LogP contribution in [0.4, 0.5) is 0 Å². The first-order valence-corrected chi connectivity index (χ1v) is 20.2. The molecule has 13 aromatic rings. The number of benzene rings is 10. The highest BCUT2D eigenvalue weighted by Crippen LogP contribution is 2.44. The van der Waals surface area contributed by atoms with Gasteiger partial charge in [0, 0.05) is 54.6 Å². The summed E-state index contributed by atoms with van der Waals surface area (Å²) in [6.07, 6.45) is 0. The summed E-state index contributed by atoms with van der Waals surface area (Å²) in [6.45, 7) is 0. The standard InChI is InChI=1S/C55H34N4/c1-2-17-36(18-3-1)55-56-51-44-27-8-6-23-40(44)41-24-7-9-28-45(41)52(51)58(55)38-21-15-20-37(34-38)57-49-29-12-10-25-42(49)46-32-33-47-43-26-11-13-30-50(43)59(54(47)53(46)57)48-31-14-19-35-16-4-5-22-39(35)48/h1-34H. The van der Waals surface area contributed by atoms with Crippen LogP contribution in [0.5, 0.6) is 0 Å². The average molecular weight is 751 g/mol. The lowest BCUT2D eigenvalue weighted by Gasteiger charge is -2.16. The van der Waals surface area contributed by atoms with E-state index in [2.05, 4.69) is 220 Å². The molecule has 0 saturated heterocycles. The summed E-state index contributed by atoms with van der Waals surface area (Å²) >= 11 is 0. The molecule has 0 bridgehead atoms. The van der Waals surface area contributed by atoms with E-state index in [1.807, 2.05) is 0 Å². The van der Waals surface area contributed by atoms with Gasteiger partial charge in [0.15, 0.2) is 0 Å². The first-order chi connectivity index (χ1) is 29.3. The fraction of sp³-hybridized carbons (Fsp3) is 0. The number of nitrogens with zero attached hydrogens (tertiary/aromatic N) is 4. The van der Waals surface area contributed by atoms with E-state index in [0.717, 1.165) is 44.7 Å². The van der Waals surface area contributed by atoms with Gasteiger partial charge in [-0.1, -0.05) is 170 Å². The van der Waals surface area contributed by atoms with Gasteiger partial charge >= 0.3 is 0 Å². The molecule has 0 aliphatic rings. The zero-order valence-electron chi connectivity index (χ0n) is 31.9. The summed E-state index contributed by atoms with van der Waals surface area (Å²) in [5.41, 5.74) is 11.2. The van der Waals surface area contributed by atoms with E-state index in [9.17, 15) is 0 Å². The van der Waals surface area contributed by atoms with Crippen LogP contribution < -0.4 is 0 Å². The molecule has 0 saturated carbocycles. The molecule has 0 atom stereocenters. The Morgan fingerprint density at radius 2 is 0.797 bits per heavy atom. The van der Waals surface area contributed by atoms with Crippen molar-refractivity contribution >= 4 is 87.0 Å². The molecule has 0 N–H and O–H groups in total. The van der Waals surface area contributed by atoms with Crippen LogP contribution >= 0.6 is 0 Å². The van der Waals surface area contributed by atoms with E-state index in [0.29, 0.717) is 0 Å². The normalized spacial score (nSPS) is 12.1. The van der Waals surface area contributed by atoms with E-state index in [4.69, 9.17) is 4.98 Å². The number of para-hydroxylation sites is 2. The van der Waals surface area contributed by atoms with Gasteiger partial charge in [-0.25, -0.2) is 4.98 Å². The lowest BCUT2D eigenvalue weighted by atomic mass is 10.00. The third-order valence-corrected chi connectivity index (χ3v) is 12.4. The van der Waals surface area contributed by atoms with Gasteiger partial charge in [0.05, 0.1) is 38.8 Å². The number of hydrogen-bond donors (Lipinski definition) is 0. The Morgan fingerprint density at radius 1 is 0.305 bits per heavy atom. The van der Waals surface area contributed by atoms with Crippen LogP contribution in [-0.2, 0) is 0 Å². The minimum absolute atomic E-state index is 0.917. The highest BCUT2D eigenvalue weighted by Gasteiger charge is 2.24. The van der Waals surface area contributed by atoms with E-state index >= 15 is 0 Å². The topological polar surface area (TPSA) is 27.7 Å². The van der Waals surface area contributed by atoms with Gasteiger partial charge < -0.3 is 9.13 Å². The third kappa shape index (κ3) is 4.51. The Labute approximate surface area is 339 Å². The van der Waals surface area contributed by atoms with Crippen molar-refractivity contribution in [3.05, 3.63) is 206 Å². The molecule has 3 aromatic heterocycles. The van der Waals surface area contributed by atoms with Crippen LogP contribution in [0, 0.1) is 0 Å². The number of hydrogen-bond acceptors (Lipinski definition) is 1. The maximum atomic E-state index is 5.52. The minimum Gasteiger partial charge on any atom is -0.307 e. The van der Waals surface area contributed by atoms with Crippen LogP contribution in [0.25, 0.3) is 115 Å². The Hall–Kier alpha value is -7.95. The second-order valence-corrected chi connectivity index (χ2v) is 15.5. The van der Waals surface area contributed by atoms with E-state index in [-0.39, 0.29) is 0 Å². The second-order valence-electron chi connectivity index (χ2n) is 15.5. The highest BCUT2D eigenvalue weighted by molar-refractivity contribution is 6.25.